The Labute approximate surface area is 135 Å². The molecule has 0 aliphatic rings. The summed E-state index contributed by atoms with van der Waals surface area (Å²) in [6, 6.07) is 6.18. The third-order valence-corrected chi connectivity index (χ3v) is 4.02. The molecular weight excluding hydrogens is 324 g/mol. The molecule has 0 saturated heterocycles. The molecule has 0 unspecified atom stereocenters. The van der Waals surface area contributed by atoms with Gasteiger partial charge in [-0.3, -0.25) is 4.31 Å². The number of nitrogens with zero attached hydrogens (tertiary/aromatic N) is 1. The van der Waals surface area contributed by atoms with Crippen molar-refractivity contribution in [3.8, 4) is 0 Å². The molecule has 0 spiro atoms. The van der Waals surface area contributed by atoms with Crippen molar-refractivity contribution in [3.05, 3.63) is 29.8 Å². The summed E-state index contributed by atoms with van der Waals surface area (Å²) in [5, 5.41) is 2.44. The summed E-state index contributed by atoms with van der Waals surface area (Å²) >= 11 is 0. The van der Waals surface area contributed by atoms with E-state index >= 15 is 0 Å². The third kappa shape index (κ3) is 5.44. The summed E-state index contributed by atoms with van der Waals surface area (Å²) in [6.07, 6.45) is 0.382. The Balaban J connectivity index is 3.01. The number of anilines is 1. The second-order valence-corrected chi connectivity index (χ2v) is 6.40. The molecule has 0 radical (unpaired) electrons. The molecule has 0 aliphatic heterocycles. The number of hydrogen-bond donors (Lipinski definition) is 1. The second-order valence-electron chi connectivity index (χ2n) is 4.49. The zero-order valence-corrected chi connectivity index (χ0v) is 14.1. The first kappa shape index (κ1) is 18.8. The monoisotopic (exact) mass is 344 g/mol. The van der Waals surface area contributed by atoms with Crippen LogP contribution in [0.5, 0.6) is 0 Å². The van der Waals surface area contributed by atoms with Gasteiger partial charge in [0.05, 0.1) is 37.8 Å². The number of amides is 1. The van der Waals surface area contributed by atoms with Crippen LogP contribution in [-0.4, -0.2) is 53.5 Å². The lowest BCUT2D eigenvalue weighted by molar-refractivity contribution is 0.0601. The van der Waals surface area contributed by atoms with Crippen molar-refractivity contribution in [2.45, 2.75) is 6.92 Å². The number of carbonyl (C=O) groups is 2. The van der Waals surface area contributed by atoms with Crippen molar-refractivity contribution in [2.75, 3.05) is 37.4 Å². The number of nitrogens with one attached hydrogen (secondary N) is 1. The van der Waals surface area contributed by atoms with Gasteiger partial charge >= 0.3 is 12.1 Å². The first-order valence-electron chi connectivity index (χ1n) is 6.87. The maximum atomic E-state index is 12.0. The van der Waals surface area contributed by atoms with E-state index in [0.717, 1.165) is 10.6 Å². The van der Waals surface area contributed by atoms with Gasteiger partial charge in [0.15, 0.2) is 0 Å². The lowest BCUT2D eigenvalue weighted by atomic mass is 10.2. The van der Waals surface area contributed by atoms with Gasteiger partial charge in [0.2, 0.25) is 10.0 Å². The number of para-hydroxylation sites is 1. The quantitative estimate of drug-likeness (QED) is 0.740. The number of rotatable bonds is 7. The molecule has 128 valence electrons. The average molecular weight is 344 g/mol. The SMILES string of the molecule is CCOC(=O)NCCN(c1ccccc1C(=O)OC)S(C)(=O)=O. The maximum absolute atomic E-state index is 12.0. The number of esters is 1. The summed E-state index contributed by atoms with van der Waals surface area (Å²) in [7, 11) is -2.44. The van der Waals surface area contributed by atoms with Gasteiger partial charge < -0.3 is 14.8 Å². The maximum Gasteiger partial charge on any atom is 0.407 e. The highest BCUT2D eigenvalue weighted by molar-refractivity contribution is 7.92. The van der Waals surface area contributed by atoms with Gasteiger partial charge in [-0.1, -0.05) is 12.1 Å². The summed E-state index contributed by atoms with van der Waals surface area (Å²) in [6.45, 7) is 1.86. The Morgan fingerprint density at radius 2 is 1.91 bits per heavy atom. The highest BCUT2D eigenvalue weighted by Gasteiger charge is 2.23. The minimum Gasteiger partial charge on any atom is -0.465 e. The van der Waals surface area contributed by atoms with E-state index in [1.807, 2.05) is 0 Å². The van der Waals surface area contributed by atoms with Crippen molar-refractivity contribution in [2.24, 2.45) is 0 Å². The molecule has 1 N–H and O–H groups in total. The number of alkyl carbamates (subject to hydrolysis) is 1. The zero-order chi connectivity index (χ0) is 17.5. The highest BCUT2D eigenvalue weighted by atomic mass is 32.2. The van der Waals surface area contributed by atoms with Crippen molar-refractivity contribution in [1.29, 1.82) is 0 Å². The zero-order valence-electron chi connectivity index (χ0n) is 13.2. The molecule has 0 saturated carbocycles. The molecule has 1 rings (SSSR count). The van der Waals surface area contributed by atoms with Gasteiger partial charge in [-0.2, -0.15) is 0 Å². The van der Waals surface area contributed by atoms with Crippen LogP contribution in [0.4, 0.5) is 10.5 Å². The van der Waals surface area contributed by atoms with E-state index in [1.54, 1.807) is 19.1 Å². The largest absolute Gasteiger partial charge is 0.465 e. The average Bonchev–Trinajstić information content (AvgIpc) is 2.50. The molecule has 0 aromatic heterocycles. The Bertz CT molecular complexity index is 659. The van der Waals surface area contributed by atoms with Gasteiger partial charge in [0.1, 0.15) is 0 Å². The normalized spacial score (nSPS) is 10.7. The summed E-state index contributed by atoms with van der Waals surface area (Å²) in [5.74, 6) is -0.646. The van der Waals surface area contributed by atoms with Crippen LogP contribution in [0.3, 0.4) is 0 Å². The minimum absolute atomic E-state index is 0.0292. The fraction of sp³-hybridized carbons (Fsp3) is 0.429. The molecule has 0 aliphatic carbocycles. The molecule has 0 bridgehead atoms. The van der Waals surface area contributed by atoms with Gasteiger partial charge in [-0.25, -0.2) is 18.0 Å². The van der Waals surface area contributed by atoms with E-state index in [4.69, 9.17) is 4.74 Å². The lowest BCUT2D eigenvalue weighted by Gasteiger charge is -2.24. The van der Waals surface area contributed by atoms with Crippen LogP contribution in [0.2, 0.25) is 0 Å². The van der Waals surface area contributed by atoms with E-state index in [0.29, 0.717) is 0 Å². The van der Waals surface area contributed by atoms with Crippen LogP contribution in [0, 0.1) is 0 Å². The van der Waals surface area contributed by atoms with E-state index in [1.165, 1.54) is 19.2 Å². The highest BCUT2D eigenvalue weighted by Crippen LogP contribution is 2.23. The molecule has 1 amide bonds. The topological polar surface area (TPSA) is 102 Å². The van der Waals surface area contributed by atoms with Gasteiger partial charge in [0.25, 0.3) is 0 Å². The third-order valence-electron chi connectivity index (χ3n) is 2.84. The fourth-order valence-electron chi connectivity index (χ4n) is 1.88. The van der Waals surface area contributed by atoms with Crippen molar-refractivity contribution >= 4 is 27.8 Å². The lowest BCUT2D eigenvalue weighted by Crippen LogP contribution is -2.39. The van der Waals surface area contributed by atoms with E-state index in [2.05, 4.69) is 10.1 Å². The molecule has 0 atom stereocenters. The summed E-state index contributed by atoms with van der Waals surface area (Å²) < 4.78 is 34.5. The van der Waals surface area contributed by atoms with E-state index in [9.17, 15) is 18.0 Å². The molecule has 1 aromatic carbocycles. The number of ether oxygens (including phenoxy) is 2. The molecule has 0 heterocycles. The molecule has 0 fully saturated rings. The first-order valence-corrected chi connectivity index (χ1v) is 8.71. The van der Waals surface area contributed by atoms with Crippen molar-refractivity contribution in [1.82, 2.24) is 5.32 Å². The van der Waals surface area contributed by atoms with Gasteiger partial charge in [-0.05, 0) is 19.1 Å². The number of hydrogen-bond acceptors (Lipinski definition) is 6. The van der Waals surface area contributed by atoms with Gasteiger partial charge in [-0.15, -0.1) is 0 Å². The molecule has 8 nitrogen and oxygen atoms in total. The smallest absolute Gasteiger partial charge is 0.407 e. The Morgan fingerprint density at radius 1 is 1.26 bits per heavy atom. The molecular formula is C14H20N2O6S. The van der Waals surface area contributed by atoms with Crippen LogP contribution in [0.25, 0.3) is 0 Å². The number of sulfonamides is 1. The van der Waals surface area contributed by atoms with Crippen LogP contribution < -0.4 is 9.62 Å². The predicted molar refractivity (Wildman–Crippen MR) is 85.0 cm³/mol. The molecule has 1 aromatic rings. The van der Waals surface area contributed by atoms with Crippen molar-refractivity contribution in [3.63, 3.8) is 0 Å². The first-order chi connectivity index (χ1) is 10.8. The Kier molecular flexibility index (Phi) is 6.83. The number of benzene rings is 1. The Morgan fingerprint density at radius 3 is 2.48 bits per heavy atom. The minimum atomic E-state index is -3.66. The predicted octanol–water partition coefficient (Wildman–Crippen LogP) is 0.985. The van der Waals surface area contributed by atoms with Crippen LogP contribution in [0.15, 0.2) is 24.3 Å². The van der Waals surface area contributed by atoms with E-state index < -0.39 is 22.1 Å². The fourth-order valence-corrected chi connectivity index (χ4v) is 2.82. The van der Waals surface area contributed by atoms with Crippen LogP contribution in [-0.2, 0) is 19.5 Å². The van der Waals surface area contributed by atoms with Crippen LogP contribution in [0.1, 0.15) is 17.3 Å². The van der Waals surface area contributed by atoms with E-state index in [-0.39, 0.29) is 30.9 Å². The molecule has 9 heteroatoms. The summed E-state index contributed by atoms with van der Waals surface area (Å²) in [4.78, 5) is 23.1. The number of carbonyl (C=O) groups excluding carboxylic acids is 2. The van der Waals surface area contributed by atoms with Crippen LogP contribution >= 0.6 is 0 Å². The molecule has 23 heavy (non-hydrogen) atoms. The standard InChI is InChI=1S/C14H20N2O6S/c1-4-22-14(18)15-9-10-16(23(3,19)20)12-8-6-5-7-11(12)13(17)21-2/h5-8H,4,9-10H2,1-3H3,(H,15,18). The Hall–Kier alpha value is -2.29. The second kappa shape index (κ2) is 8.37. The number of methoxy groups -OCH3 is 1. The van der Waals surface area contributed by atoms with Crippen molar-refractivity contribution < 1.29 is 27.5 Å². The summed E-state index contributed by atoms with van der Waals surface area (Å²) in [5.41, 5.74) is 0.309. The van der Waals surface area contributed by atoms with Gasteiger partial charge in [0, 0.05) is 6.54 Å².